The Kier molecular flexibility index (Phi) is 15.0. The summed E-state index contributed by atoms with van der Waals surface area (Å²) in [6.07, 6.45) is 4.62. The van der Waals surface area contributed by atoms with Crippen LogP contribution in [0.1, 0.15) is 61.6 Å². The molecule has 1 aromatic heterocycles. The fraction of sp³-hybridized carbons (Fsp3) is 0.444. The summed E-state index contributed by atoms with van der Waals surface area (Å²) >= 11 is 0. The van der Waals surface area contributed by atoms with Crippen molar-refractivity contribution < 1.29 is 38.1 Å². The Morgan fingerprint density at radius 2 is 1.72 bits per heavy atom. The first kappa shape index (κ1) is 36.0. The third kappa shape index (κ3) is 12.2. The van der Waals surface area contributed by atoms with E-state index in [2.05, 4.69) is 41.5 Å². The number of cyclic esters (lactones) is 1. The Balaban J connectivity index is 0.000000724. The minimum Gasteiger partial charge on any atom is -0.493 e. The monoisotopic (exact) mass is 634 g/mol. The van der Waals surface area contributed by atoms with E-state index in [1.54, 1.807) is 13.8 Å². The number of aryl methyl sites for hydroxylation is 2. The third-order valence-electron chi connectivity index (χ3n) is 7.25. The molecule has 0 aliphatic carbocycles. The Morgan fingerprint density at radius 3 is 2.35 bits per heavy atom. The third-order valence-corrected chi connectivity index (χ3v) is 7.25. The van der Waals surface area contributed by atoms with Crippen LogP contribution in [0.15, 0.2) is 72.9 Å². The van der Waals surface area contributed by atoms with Gasteiger partial charge in [-0.1, -0.05) is 80.1 Å². The lowest BCUT2D eigenvalue weighted by atomic mass is 9.95. The largest absolute Gasteiger partial charge is 0.493 e. The molecule has 2 aromatic carbocycles. The normalized spacial score (nSPS) is 18.0. The van der Waals surface area contributed by atoms with E-state index in [1.165, 1.54) is 30.5 Å². The van der Waals surface area contributed by atoms with Crippen LogP contribution < -0.4 is 14.8 Å². The molecule has 1 aliphatic heterocycles. The van der Waals surface area contributed by atoms with Gasteiger partial charge < -0.3 is 29.0 Å². The Hall–Kier alpha value is -4.44. The molecule has 2 unspecified atom stereocenters. The molecule has 3 aromatic rings. The van der Waals surface area contributed by atoms with Gasteiger partial charge in [0.2, 0.25) is 6.79 Å². The van der Waals surface area contributed by atoms with Gasteiger partial charge in [-0.15, -0.1) is 0 Å². The molecule has 1 aliphatic rings. The molecule has 4 rings (SSSR count). The van der Waals surface area contributed by atoms with Crippen LogP contribution in [0.2, 0.25) is 0 Å². The maximum absolute atomic E-state index is 13.2. The van der Waals surface area contributed by atoms with Gasteiger partial charge in [-0.05, 0) is 51.0 Å². The molecular weight excluding hydrogens is 588 g/mol. The summed E-state index contributed by atoms with van der Waals surface area (Å²) in [4.78, 5) is 41.9. The van der Waals surface area contributed by atoms with E-state index in [9.17, 15) is 14.4 Å². The van der Waals surface area contributed by atoms with Gasteiger partial charge in [0, 0.05) is 18.9 Å². The molecule has 248 valence electrons. The summed E-state index contributed by atoms with van der Waals surface area (Å²) in [6, 6.07) is 21.0. The van der Waals surface area contributed by atoms with Crippen molar-refractivity contribution >= 4 is 17.8 Å². The number of methoxy groups -OCH3 is 1. The summed E-state index contributed by atoms with van der Waals surface area (Å²) in [7, 11) is 1.41. The summed E-state index contributed by atoms with van der Waals surface area (Å²) < 4.78 is 27.4. The van der Waals surface area contributed by atoms with Crippen molar-refractivity contribution in [3.8, 4) is 11.5 Å². The first-order valence-corrected chi connectivity index (χ1v) is 15.6. The van der Waals surface area contributed by atoms with Crippen LogP contribution in [-0.2, 0) is 30.2 Å². The van der Waals surface area contributed by atoms with Gasteiger partial charge in [0.05, 0.1) is 25.7 Å². The number of carbonyl (C=O) groups is 3. The van der Waals surface area contributed by atoms with Crippen molar-refractivity contribution in [1.29, 1.82) is 0 Å². The summed E-state index contributed by atoms with van der Waals surface area (Å²) in [5, 5.41) is 2.65. The van der Waals surface area contributed by atoms with Gasteiger partial charge >= 0.3 is 11.9 Å². The predicted octanol–water partition coefficient (Wildman–Crippen LogP) is 5.71. The maximum Gasteiger partial charge on any atom is 0.331 e. The Labute approximate surface area is 271 Å². The second-order valence-corrected chi connectivity index (χ2v) is 11.5. The van der Waals surface area contributed by atoms with Crippen LogP contribution in [0, 0.1) is 18.8 Å². The number of hydrogen-bond donors (Lipinski definition) is 1. The maximum atomic E-state index is 13.2. The fourth-order valence-electron chi connectivity index (χ4n) is 4.79. The van der Waals surface area contributed by atoms with E-state index in [-0.39, 0.29) is 41.7 Å². The lowest BCUT2D eigenvalue weighted by Gasteiger charge is -2.20. The molecule has 0 bridgehead atoms. The van der Waals surface area contributed by atoms with Gasteiger partial charge in [0.15, 0.2) is 23.2 Å². The summed E-state index contributed by atoms with van der Waals surface area (Å²) in [5.74, 6) is -1.64. The quantitative estimate of drug-likeness (QED) is 0.209. The Bertz CT molecular complexity index is 1370. The van der Waals surface area contributed by atoms with Crippen molar-refractivity contribution in [3.05, 3.63) is 89.7 Å². The average Bonchev–Trinajstić information content (AvgIpc) is 3.10. The molecule has 10 nitrogen and oxygen atoms in total. The summed E-state index contributed by atoms with van der Waals surface area (Å²) in [6.45, 7) is 7.29. The van der Waals surface area contributed by atoms with E-state index in [1.807, 2.05) is 43.3 Å². The predicted molar refractivity (Wildman–Crippen MR) is 174 cm³/mol. The first-order chi connectivity index (χ1) is 22.2. The number of aromatic nitrogens is 1. The smallest absolute Gasteiger partial charge is 0.331 e. The van der Waals surface area contributed by atoms with E-state index < -0.39 is 30.7 Å². The number of benzene rings is 2. The van der Waals surface area contributed by atoms with Gasteiger partial charge in [0.25, 0.3) is 5.91 Å². The van der Waals surface area contributed by atoms with Crippen molar-refractivity contribution in [2.45, 2.75) is 65.5 Å². The van der Waals surface area contributed by atoms with Crippen LogP contribution in [0.25, 0.3) is 0 Å². The number of nitrogens with zero attached hydrogens (tertiary/aromatic N) is 1. The van der Waals surface area contributed by atoms with Gasteiger partial charge in [-0.2, -0.15) is 0 Å². The lowest BCUT2D eigenvalue weighted by molar-refractivity contribution is -0.154. The number of pyridine rings is 1. The fourth-order valence-corrected chi connectivity index (χ4v) is 4.79. The zero-order chi connectivity index (χ0) is 33.3. The molecular formula is C36H46N2O8. The average molecular weight is 635 g/mol. The van der Waals surface area contributed by atoms with Crippen molar-refractivity contribution in [1.82, 2.24) is 10.3 Å². The van der Waals surface area contributed by atoms with Crippen LogP contribution in [0.4, 0.5) is 0 Å². The highest BCUT2D eigenvalue weighted by Crippen LogP contribution is 2.30. The minimum absolute atomic E-state index is 0.0155. The highest BCUT2D eigenvalue weighted by atomic mass is 16.7. The number of rotatable bonds is 11. The van der Waals surface area contributed by atoms with Gasteiger partial charge in [-0.25, -0.2) is 9.78 Å². The lowest BCUT2D eigenvalue weighted by Crippen LogP contribution is -2.45. The van der Waals surface area contributed by atoms with Crippen molar-refractivity contribution in [3.63, 3.8) is 0 Å². The van der Waals surface area contributed by atoms with Crippen molar-refractivity contribution in [2.75, 3.05) is 27.1 Å². The number of carbonyl (C=O) groups excluding carboxylic acids is 3. The molecule has 1 N–H and O–H groups in total. The number of esters is 2. The van der Waals surface area contributed by atoms with E-state index >= 15 is 0 Å². The van der Waals surface area contributed by atoms with Crippen LogP contribution >= 0.6 is 0 Å². The van der Waals surface area contributed by atoms with E-state index in [0.717, 1.165) is 19.3 Å². The number of hydrogen-bond acceptors (Lipinski definition) is 9. The second-order valence-electron chi connectivity index (χ2n) is 11.5. The highest BCUT2D eigenvalue weighted by Gasteiger charge is 2.30. The van der Waals surface area contributed by atoms with E-state index in [4.69, 9.17) is 23.7 Å². The second kappa shape index (κ2) is 19.2. The molecule has 0 spiro atoms. The minimum atomic E-state index is -1.04. The molecule has 1 saturated heterocycles. The van der Waals surface area contributed by atoms with Gasteiger partial charge in [0.1, 0.15) is 0 Å². The molecule has 1 amide bonds. The molecule has 0 saturated carbocycles. The topological polar surface area (TPSA) is 122 Å². The first-order valence-electron chi connectivity index (χ1n) is 15.6. The van der Waals surface area contributed by atoms with Crippen molar-refractivity contribution in [2.24, 2.45) is 11.8 Å². The van der Waals surface area contributed by atoms with Crippen LogP contribution in [0.5, 0.6) is 11.5 Å². The molecule has 1 fully saturated rings. The highest BCUT2D eigenvalue weighted by molar-refractivity contribution is 5.98. The van der Waals surface area contributed by atoms with Crippen LogP contribution in [0.3, 0.4) is 0 Å². The molecule has 2 heterocycles. The molecule has 46 heavy (non-hydrogen) atoms. The number of ether oxygens (including phenoxy) is 5. The molecule has 3 atom stereocenters. The molecule has 0 radical (unpaired) electrons. The molecule has 10 heteroatoms. The van der Waals surface area contributed by atoms with E-state index in [0.29, 0.717) is 13.0 Å². The SMILES string of the molecule is COc1ccnc(C(=O)N[C@H]2COCC(CCCc3ccccc3)CC(C)OC2=O)c1OCOC(=O)C(C)C.Cc1ccccc1. The number of nitrogens with one attached hydrogen (secondary N) is 1. The zero-order valence-corrected chi connectivity index (χ0v) is 27.4. The van der Waals surface area contributed by atoms with Gasteiger partial charge in [-0.3, -0.25) is 9.59 Å². The summed E-state index contributed by atoms with van der Waals surface area (Å²) in [5.41, 5.74) is 2.48. The Morgan fingerprint density at radius 1 is 1.02 bits per heavy atom. The zero-order valence-electron chi connectivity index (χ0n) is 27.4. The standard InChI is InChI=1S/C29H38N2O8.C7H8/c1-19(2)28(33)38-18-37-26-24(35-4)13-14-30-25(26)27(32)31-23-17-36-16-22(15-20(3)39-29(23)34)12-8-11-21-9-6-5-7-10-21;1-7-5-3-2-4-6-7/h5-7,9-10,13-14,19-20,22-23H,8,11-12,15-18H2,1-4H3,(H,31,32);2-6H,1H3/t20?,22?,23-;/m0./s1. The number of amides is 1. The van der Waals surface area contributed by atoms with Crippen LogP contribution in [-0.4, -0.2) is 62.1 Å².